The van der Waals surface area contributed by atoms with Gasteiger partial charge >= 0.3 is 12.0 Å². The molecule has 0 bridgehead atoms. The summed E-state index contributed by atoms with van der Waals surface area (Å²) < 4.78 is 0.462. The zero-order chi connectivity index (χ0) is 14.3. The van der Waals surface area contributed by atoms with Gasteiger partial charge in [-0.25, -0.2) is 9.59 Å². The fourth-order valence-electron chi connectivity index (χ4n) is 1.31. The number of aromatic carboxylic acids is 1. The zero-order valence-corrected chi connectivity index (χ0v) is 11.9. The van der Waals surface area contributed by atoms with Crippen LogP contribution in [0.5, 0.6) is 0 Å². The lowest BCUT2D eigenvalue weighted by molar-refractivity contribution is 0.0696. The predicted octanol–water partition coefficient (Wildman–Crippen LogP) is 2.68. The van der Waals surface area contributed by atoms with Gasteiger partial charge in [-0.2, -0.15) is 0 Å². The standard InChI is InChI=1S/C13H13BrN2O3/c1-2-3-4-7-15-13(19)16-9-5-6-11(14)10(8-9)12(17)18/h5-6,8H,4,7H2,1H3,(H,17,18)(H2,15,16,19). The van der Waals surface area contributed by atoms with Crippen molar-refractivity contribution in [3.8, 4) is 11.8 Å². The molecule has 0 aromatic heterocycles. The quantitative estimate of drug-likeness (QED) is 0.588. The Morgan fingerprint density at radius 1 is 1.42 bits per heavy atom. The Labute approximate surface area is 119 Å². The fraction of sp³-hybridized carbons (Fsp3) is 0.231. The number of rotatable bonds is 4. The lowest BCUT2D eigenvalue weighted by Gasteiger charge is -2.08. The van der Waals surface area contributed by atoms with Crippen LogP contribution >= 0.6 is 15.9 Å². The summed E-state index contributed by atoms with van der Waals surface area (Å²) in [7, 11) is 0. The summed E-state index contributed by atoms with van der Waals surface area (Å²) in [6, 6.07) is 4.18. The Morgan fingerprint density at radius 3 is 2.79 bits per heavy atom. The highest BCUT2D eigenvalue weighted by Gasteiger charge is 2.10. The molecule has 3 N–H and O–H groups in total. The van der Waals surface area contributed by atoms with Crippen LogP contribution in [0.3, 0.4) is 0 Å². The topological polar surface area (TPSA) is 78.4 Å². The molecule has 0 saturated carbocycles. The first-order valence-corrected chi connectivity index (χ1v) is 6.31. The number of carboxylic acids is 1. The van der Waals surface area contributed by atoms with Crippen LogP contribution in [0.2, 0.25) is 0 Å². The van der Waals surface area contributed by atoms with Gasteiger partial charge in [0.25, 0.3) is 0 Å². The lowest BCUT2D eigenvalue weighted by atomic mass is 10.2. The van der Waals surface area contributed by atoms with Gasteiger partial charge in [0.2, 0.25) is 0 Å². The molecule has 5 nitrogen and oxygen atoms in total. The van der Waals surface area contributed by atoms with Crippen LogP contribution < -0.4 is 10.6 Å². The van der Waals surface area contributed by atoms with E-state index in [1.165, 1.54) is 6.07 Å². The van der Waals surface area contributed by atoms with Gasteiger partial charge in [0.05, 0.1) is 5.56 Å². The number of anilines is 1. The van der Waals surface area contributed by atoms with E-state index in [0.717, 1.165) is 0 Å². The highest BCUT2D eigenvalue weighted by Crippen LogP contribution is 2.21. The van der Waals surface area contributed by atoms with Crippen molar-refractivity contribution in [1.82, 2.24) is 5.32 Å². The molecule has 1 rings (SSSR count). The summed E-state index contributed by atoms with van der Waals surface area (Å²) >= 11 is 3.13. The third-order valence-corrected chi connectivity index (χ3v) is 2.86. The molecule has 0 fully saturated rings. The first-order chi connectivity index (χ1) is 9.04. The number of carbonyl (C=O) groups excluding carboxylic acids is 1. The van der Waals surface area contributed by atoms with Crippen LogP contribution in [0.4, 0.5) is 10.5 Å². The second kappa shape index (κ2) is 7.44. The minimum absolute atomic E-state index is 0.0923. The predicted molar refractivity (Wildman–Crippen MR) is 76.2 cm³/mol. The van der Waals surface area contributed by atoms with Crippen molar-refractivity contribution in [2.24, 2.45) is 0 Å². The Kier molecular flexibility index (Phi) is 5.90. The first kappa shape index (κ1) is 15.1. The summed E-state index contributed by atoms with van der Waals surface area (Å²) in [5.41, 5.74) is 0.509. The van der Waals surface area contributed by atoms with Crippen molar-refractivity contribution >= 4 is 33.6 Å². The average molecular weight is 325 g/mol. The molecule has 0 spiro atoms. The second-order valence-corrected chi connectivity index (χ2v) is 4.41. The average Bonchev–Trinajstić information content (AvgIpc) is 2.36. The lowest BCUT2D eigenvalue weighted by Crippen LogP contribution is -2.29. The molecular weight excluding hydrogens is 312 g/mol. The fourth-order valence-corrected chi connectivity index (χ4v) is 1.72. The minimum Gasteiger partial charge on any atom is -0.478 e. The Morgan fingerprint density at radius 2 is 2.16 bits per heavy atom. The summed E-state index contributed by atoms with van der Waals surface area (Å²) in [6.45, 7) is 2.17. The molecule has 19 heavy (non-hydrogen) atoms. The van der Waals surface area contributed by atoms with Crippen molar-refractivity contribution in [2.75, 3.05) is 11.9 Å². The second-order valence-electron chi connectivity index (χ2n) is 3.56. The molecule has 0 aliphatic rings. The maximum Gasteiger partial charge on any atom is 0.336 e. The van der Waals surface area contributed by atoms with E-state index in [-0.39, 0.29) is 5.56 Å². The number of hydrogen-bond acceptors (Lipinski definition) is 2. The van der Waals surface area contributed by atoms with Crippen LogP contribution in [-0.4, -0.2) is 23.7 Å². The third-order valence-electron chi connectivity index (χ3n) is 2.17. The molecule has 1 aromatic rings. The van der Waals surface area contributed by atoms with Gasteiger partial charge < -0.3 is 15.7 Å². The van der Waals surface area contributed by atoms with E-state index in [2.05, 4.69) is 38.4 Å². The molecule has 0 unspecified atom stereocenters. The van der Waals surface area contributed by atoms with Crippen molar-refractivity contribution < 1.29 is 14.7 Å². The van der Waals surface area contributed by atoms with Crippen LogP contribution in [0.15, 0.2) is 22.7 Å². The van der Waals surface area contributed by atoms with E-state index in [1.54, 1.807) is 19.1 Å². The molecule has 6 heteroatoms. The molecule has 100 valence electrons. The molecule has 0 saturated heterocycles. The van der Waals surface area contributed by atoms with Gasteiger partial charge in [-0.15, -0.1) is 11.8 Å². The van der Waals surface area contributed by atoms with Gasteiger partial charge in [0.1, 0.15) is 0 Å². The van der Waals surface area contributed by atoms with Crippen molar-refractivity contribution in [1.29, 1.82) is 0 Å². The van der Waals surface area contributed by atoms with E-state index in [9.17, 15) is 9.59 Å². The summed E-state index contributed by atoms with van der Waals surface area (Å²) in [5, 5.41) is 14.1. The maximum absolute atomic E-state index is 11.5. The van der Waals surface area contributed by atoms with Crippen LogP contribution in [0, 0.1) is 11.8 Å². The molecule has 0 heterocycles. The van der Waals surface area contributed by atoms with E-state index in [1.807, 2.05) is 0 Å². The maximum atomic E-state index is 11.5. The highest BCUT2D eigenvalue weighted by molar-refractivity contribution is 9.10. The van der Waals surface area contributed by atoms with Crippen molar-refractivity contribution in [2.45, 2.75) is 13.3 Å². The number of nitrogens with one attached hydrogen (secondary N) is 2. The molecule has 0 atom stereocenters. The van der Waals surface area contributed by atoms with E-state index in [4.69, 9.17) is 5.11 Å². The van der Waals surface area contributed by atoms with Gasteiger partial charge in [-0.1, -0.05) is 0 Å². The number of halogens is 1. The smallest absolute Gasteiger partial charge is 0.336 e. The molecule has 2 amide bonds. The number of hydrogen-bond donors (Lipinski definition) is 3. The van der Waals surface area contributed by atoms with Crippen LogP contribution in [0.1, 0.15) is 23.7 Å². The largest absolute Gasteiger partial charge is 0.478 e. The first-order valence-electron chi connectivity index (χ1n) is 5.52. The third kappa shape index (κ3) is 5.02. The number of benzene rings is 1. The van der Waals surface area contributed by atoms with Crippen LogP contribution in [0.25, 0.3) is 0 Å². The van der Waals surface area contributed by atoms with Gasteiger partial charge in [0.15, 0.2) is 0 Å². The monoisotopic (exact) mass is 324 g/mol. The van der Waals surface area contributed by atoms with Gasteiger partial charge in [-0.3, -0.25) is 0 Å². The number of urea groups is 1. The zero-order valence-electron chi connectivity index (χ0n) is 10.3. The Balaban J connectivity index is 2.61. The molecule has 0 aliphatic carbocycles. The number of carbonyl (C=O) groups is 2. The number of amides is 2. The molecular formula is C13H13BrN2O3. The Bertz CT molecular complexity index is 547. The van der Waals surface area contributed by atoms with E-state index < -0.39 is 12.0 Å². The van der Waals surface area contributed by atoms with Gasteiger partial charge in [-0.05, 0) is 41.1 Å². The molecule has 0 aliphatic heterocycles. The van der Waals surface area contributed by atoms with E-state index in [0.29, 0.717) is 23.1 Å². The molecule has 0 radical (unpaired) electrons. The van der Waals surface area contributed by atoms with E-state index >= 15 is 0 Å². The SMILES string of the molecule is CC#CCCNC(=O)Nc1ccc(Br)c(C(=O)O)c1. The summed E-state index contributed by atoms with van der Waals surface area (Å²) in [4.78, 5) is 22.4. The summed E-state index contributed by atoms with van der Waals surface area (Å²) in [6.07, 6.45) is 0.574. The summed E-state index contributed by atoms with van der Waals surface area (Å²) in [5.74, 6) is 4.49. The Hall–Kier alpha value is -2.00. The molecule has 1 aromatic carbocycles. The van der Waals surface area contributed by atoms with Crippen molar-refractivity contribution in [3.05, 3.63) is 28.2 Å². The number of carboxylic acid groups (broad SMARTS) is 1. The van der Waals surface area contributed by atoms with Crippen LogP contribution in [-0.2, 0) is 0 Å². The van der Waals surface area contributed by atoms with Gasteiger partial charge in [0, 0.05) is 23.1 Å². The van der Waals surface area contributed by atoms with Crippen molar-refractivity contribution in [3.63, 3.8) is 0 Å². The highest BCUT2D eigenvalue weighted by atomic mass is 79.9. The minimum atomic E-state index is -1.06. The normalized spacial score (nSPS) is 9.16.